The maximum absolute atomic E-state index is 13.8. The Morgan fingerprint density at radius 1 is 0.881 bits per heavy atom. The lowest BCUT2D eigenvalue weighted by molar-refractivity contribution is -0.199. The number of nitrogens with one attached hydrogen (secondary N) is 1. The van der Waals surface area contributed by atoms with Gasteiger partial charge in [0.2, 0.25) is 11.8 Å². The van der Waals surface area contributed by atoms with Gasteiger partial charge in [0.15, 0.2) is 0 Å². The second-order valence-corrected chi connectivity index (χ2v) is 18.2. The van der Waals surface area contributed by atoms with E-state index < -0.39 is 29.7 Å². The molecule has 1 N–H and O–H groups in total. The molecule has 6 aliphatic rings. The van der Waals surface area contributed by atoms with E-state index in [1.54, 1.807) is 36.5 Å². The van der Waals surface area contributed by atoms with E-state index in [4.69, 9.17) is 16.3 Å². The highest BCUT2D eigenvalue weighted by Crippen LogP contribution is 2.59. The Morgan fingerprint density at radius 3 is 2.31 bits per heavy atom. The van der Waals surface area contributed by atoms with Gasteiger partial charge in [-0.1, -0.05) is 45.2 Å². The lowest BCUT2D eigenvalue weighted by Crippen LogP contribution is -2.74. The standard InChI is InChI=1S/C45H44ClN7O6/c1-44(2)42(45(3,4)43(44)59-31-9-6-26(20-47)35(46)19-31)52-22-27-17-28(48-21-34(27)39(52)56)7-5-25-13-15-50(16-14-25)30-23-51(24-30)29-8-10-32-33(18-29)41(58)53(40(32)57)36-11-12-37(54)49-38(36)55/h6,8-10,17-19,21,25,30,36,42-43H,11-16,22-24H2,1-4H3,(H,49,54,55). The van der Waals surface area contributed by atoms with Gasteiger partial charge in [-0.05, 0) is 80.2 Å². The van der Waals surface area contributed by atoms with Gasteiger partial charge in [0.1, 0.15) is 29.7 Å². The van der Waals surface area contributed by atoms with Gasteiger partial charge in [0.05, 0.1) is 27.3 Å². The molecule has 0 spiro atoms. The van der Waals surface area contributed by atoms with Gasteiger partial charge < -0.3 is 14.5 Å². The van der Waals surface area contributed by atoms with Crippen LogP contribution in [0.4, 0.5) is 5.69 Å². The second-order valence-electron chi connectivity index (χ2n) is 17.8. The van der Waals surface area contributed by atoms with Crippen molar-refractivity contribution in [2.24, 2.45) is 16.7 Å². The molecule has 1 saturated carbocycles. The molecule has 302 valence electrons. The predicted octanol–water partition coefficient (Wildman–Crippen LogP) is 4.80. The Morgan fingerprint density at radius 2 is 1.61 bits per heavy atom. The number of fused-ring (bicyclic) bond motifs is 2. The van der Waals surface area contributed by atoms with Crippen LogP contribution in [0.5, 0.6) is 5.75 Å². The largest absolute Gasteiger partial charge is 0.489 e. The highest BCUT2D eigenvalue weighted by Gasteiger charge is 2.67. The second kappa shape index (κ2) is 14.2. The third-order valence-electron chi connectivity index (χ3n) is 13.3. The monoisotopic (exact) mass is 813 g/mol. The number of piperidine rings is 2. The first-order chi connectivity index (χ1) is 28.1. The summed E-state index contributed by atoms with van der Waals surface area (Å²) in [6.45, 7) is 12.4. The fourth-order valence-corrected chi connectivity index (χ4v) is 10.9. The van der Waals surface area contributed by atoms with Crippen molar-refractivity contribution in [1.82, 2.24) is 25.0 Å². The van der Waals surface area contributed by atoms with Crippen molar-refractivity contribution in [2.75, 3.05) is 31.1 Å². The molecule has 6 heterocycles. The minimum absolute atomic E-state index is 0.0313. The van der Waals surface area contributed by atoms with Crippen molar-refractivity contribution >= 4 is 46.8 Å². The number of hydrogen-bond donors (Lipinski definition) is 1. The average molecular weight is 814 g/mol. The van der Waals surface area contributed by atoms with Crippen LogP contribution in [0.25, 0.3) is 0 Å². The zero-order valence-corrected chi connectivity index (χ0v) is 34.1. The first kappa shape index (κ1) is 38.7. The van der Waals surface area contributed by atoms with Crippen LogP contribution < -0.4 is 15.0 Å². The summed E-state index contributed by atoms with van der Waals surface area (Å²) in [6.07, 6.45) is 3.57. The summed E-state index contributed by atoms with van der Waals surface area (Å²) in [5, 5.41) is 11.8. The number of nitrogens with zero attached hydrogens (tertiary/aromatic N) is 6. The highest BCUT2D eigenvalue weighted by molar-refractivity contribution is 6.31. The van der Waals surface area contributed by atoms with Crippen LogP contribution in [-0.4, -0.2) is 99.6 Å². The number of rotatable bonds is 6. The summed E-state index contributed by atoms with van der Waals surface area (Å²) in [5.74, 6) is 5.55. The van der Waals surface area contributed by atoms with E-state index in [1.165, 1.54) is 0 Å². The molecule has 3 saturated heterocycles. The van der Waals surface area contributed by atoms with Crippen LogP contribution in [0.2, 0.25) is 5.02 Å². The molecule has 1 unspecified atom stereocenters. The maximum atomic E-state index is 13.8. The molecule has 0 bridgehead atoms. The summed E-state index contributed by atoms with van der Waals surface area (Å²) in [6, 6.07) is 13.7. The number of carbonyl (C=O) groups excluding carboxylic acids is 5. The Kier molecular flexibility index (Phi) is 9.33. The van der Waals surface area contributed by atoms with Crippen LogP contribution in [0.15, 0.2) is 48.7 Å². The van der Waals surface area contributed by atoms with Crippen molar-refractivity contribution in [3.63, 3.8) is 0 Å². The number of carbonyl (C=O) groups is 5. The summed E-state index contributed by atoms with van der Waals surface area (Å²) < 4.78 is 6.46. The SMILES string of the molecule is CC1(C)C(Oc2ccc(C#N)c(Cl)c2)C(C)(C)C1N1Cc2cc(C#CC3CCN(C4CN(c5ccc6c(c5)C(=O)N(C5CCC(=O)NC5=O)C6=O)C4)CC3)ncc2C1=O. The fourth-order valence-electron chi connectivity index (χ4n) is 10.7. The normalized spacial score (nSPS) is 25.1. The van der Waals surface area contributed by atoms with Crippen LogP contribution in [0, 0.1) is 39.9 Å². The first-order valence-corrected chi connectivity index (χ1v) is 20.6. The minimum Gasteiger partial charge on any atom is -0.489 e. The number of ether oxygens (including phenoxy) is 1. The van der Waals surface area contributed by atoms with Crippen molar-refractivity contribution in [3.05, 3.63) is 87.2 Å². The number of aromatic nitrogens is 1. The Bertz CT molecular complexity index is 2440. The number of pyridine rings is 1. The zero-order valence-electron chi connectivity index (χ0n) is 33.4. The van der Waals surface area contributed by atoms with Crippen molar-refractivity contribution in [1.29, 1.82) is 5.26 Å². The summed E-state index contributed by atoms with van der Waals surface area (Å²) in [5.41, 5.74) is 3.31. The molecule has 5 aliphatic heterocycles. The lowest BCUT2D eigenvalue weighted by atomic mass is 9.49. The van der Waals surface area contributed by atoms with Crippen molar-refractivity contribution in [2.45, 2.75) is 84.2 Å². The van der Waals surface area contributed by atoms with Crippen LogP contribution in [-0.2, 0) is 16.1 Å². The fraction of sp³-hybridized carbons (Fsp3) is 0.444. The van der Waals surface area contributed by atoms with Gasteiger partial charge in [-0.15, -0.1) is 0 Å². The topological polar surface area (TPSA) is 156 Å². The molecular formula is C45H44ClN7O6. The molecule has 0 radical (unpaired) electrons. The van der Waals surface area contributed by atoms with Crippen LogP contribution in [0.1, 0.15) is 101 Å². The molecule has 5 amide bonds. The molecule has 1 atom stereocenters. The van der Waals surface area contributed by atoms with E-state index in [9.17, 15) is 29.2 Å². The van der Waals surface area contributed by atoms with E-state index in [-0.39, 0.29) is 53.2 Å². The maximum Gasteiger partial charge on any atom is 0.262 e. The number of halogens is 1. The number of hydrogen-bond acceptors (Lipinski definition) is 10. The molecule has 13 nitrogen and oxygen atoms in total. The lowest BCUT2D eigenvalue weighted by Gasteiger charge is -2.65. The number of imide groups is 2. The number of likely N-dealkylation sites (tertiary alicyclic amines) is 1. The van der Waals surface area contributed by atoms with Crippen LogP contribution in [0.3, 0.4) is 0 Å². The Balaban J connectivity index is 0.777. The van der Waals surface area contributed by atoms with Crippen molar-refractivity contribution in [3.8, 4) is 23.7 Å². The van der Waals surface area contributed by atoms with Gasteiger partial charge in [0.25, 0.3) is 17.7 Å². The number of amides is 5. The Hall–Kier alpha value is -5.76. The van der Waals surface area contributed by atoms with E-state index in [0.717, 1.165) is 55.2 Å². The zero-order chi connectivity index (χ0) is 41.5. The summed E-state index contributed by atoms with van der Waals surface area (Å²) >= 11 is 6.29. The molecule has 2 aromatic carbocycles. The minimum atomic E-state index is -0.983. The van der Waals surface area contributed by atoms with E-state index in [0.29, 0.717) is 45.7 Å². The van der Waals surface area contributed by atoms with Crippen LogP contribution >= 0.6 is 11.6 Å². The Labute approximate surface area is 347 Å². The smallest absolute Gasteiger partial charge is 0.262 e. The van der Waals surface area contributed by atoms with Gasteiger partial charge >= 0.3 is 0 Å². The number of benzene rings is 2. The summed E-state index contributed by atoms with van der Waals surface area (Å²) in [4.78, 5) is 76.5. The number of nitriles is 1. The predicted molar refractivity (Wildman–Crippen MR) is 216 cm³/mol. The van der Waals surface area contributed by atoms with Gasteiger partial charge in [-0.3, -0.25) is 39.1 Å². The molecule has 3 aromatic rings. The van der Waals surface area contributed by atoms with Gasteiger partial charge in [0, 0.05) is 72.8 Å². The molecule has 1 aromatic heterocycles. The molecule has 59 heavy (non-hydrogen) atoms. The number of anilines is 1. The van der Waals surface area contributed by atoms with E-state index >= 15 is 0 Å². The quantitative estimate of drug-likeness (QED) is 0.271. The molecule has 14 heteroatoms. The van der Waals surface area contributed by atoms with Gasteiger partial charge in [-0.2, -0.15) is 5.26 Å². The van der Waals surface area contributed by atoms with E-state index in [2.05, 4.69) is 65.7 Å². The molecule has 4 fully saturated rings. The highest BCUT2D eigenvalue weighted by atomic mass is 35.5. The first-order valence-electron chi connectivity index (χ1n) is 20.2. The third-order valence-corrected chi connectivity index (χ3v) is 13.6. The molecule has 1 aliphatic carbocycles. The van der Waals surface area contributed by atoms with Crippen molar-refractivity contribution < 1.29 is 28.7 Å². The summed E-state index contributed by atoms with van der Waals surface area (Å²) in [7, 11) is 0. The third kappa shape index (κ3) is 6.43. The average Bonchev–Trinajstić information content (AvgIpc) is 3.62. The molecular weight excluding hydrogens is 770 g/mol. The molecule has 9 rings (SSSR count). The van der Waals surface area contributed by atoms with Gasteiger partial charge in [-0.25, -0.2) is 4.98 Å². The van der Waals surface area contributed by atoms with E-state index in [1.807, 2.05) is 17.0 Å².